The van der Waals surface area contributed by atoms with Gasteiger partial charge in [-0.25, -0.2) is 8.42 Å². The molecule has 0 bridgehead atoms. The lowest BCUT2D eigenvalue weighted by Crippen LogP contribution is -2.53. The third-order valence-corrected chi connectivity index (χ3v) is 6.65. The van der Waals surface area contributed by atoms with Gasteiger partial charge in [0.25, 0.3) is 0 Å². The molecular formula is C13H24N2O2S2. The van der Waals surface area contributed by atoms with Crippen molar-refractivity contribution < 1.29 is 8.42 Å². The Morgan fingerprint density at radius 3 is 2.47 bits per heavy atom. The molecular weight excluding hydrogens is 280 g/mol. The van der Waals surface area contributed by atoms with E-state index in [1.165, 1.54) is 32.1 Å². The smallest absolute Gasteiger partial charge is 0.169 e. The number of thiocarbonyl (C=S) groups is 1. The van der Waals surface area contributed by atoms with E-state index in [9.17, 15) is 8.42 Å². The molecule has 1 atom stereocenters. The fourth-order valence-electron chi connectivity index (χ4n) is 3.09. The normalized spacial score (nSPS) is 31.1. The Morgan fingerprint density at radius 2 is 1.95 bits per heavy atom. The first-order valence-corrected chi connectivity index (χ1v) is 9.30. The quantitative estimate of drug-likeness (QED) is 0.787. The van der Waals surface area contributed by atoms with Gasteiger partial charge in [0.1, 0.15) is 0 Å². The summed E-state index contributed by atoms with van der Waals surface area (Å²) in [7, 11) is -0.865. The molecule has 2 fully saturated rings. The van der Waals surface area contributed by atoms with Gasteiger partial charge in [-0.15, -0.1) is 0 Å². The van der Waals surface area contributed by atoms with Crippen molar-refractivity contribution in [2.24, 2.45) is 0 Å². The van der Waals surface area contributed by atoms with E-state index in [1.54, 1.807) is 0 Å². The van der Waals surface area contributed by atoms with Gasteiger partial charge in [0.15, 0.2) is 14.9 Å². The monoisotopic (exact) mass is 304 g/mol. The van der Waals surface area contributed by atoms with Gasteiger partial charge < -0.3 is 10.2 Å². The molecule has 2 rings (SSSR count). The minimum atomic E-state index is -2.89. The Balaban J connectivity index is 1.93. The molecule has 1 N–H and O–H groups in total. The highest BCUT2D eigenvalue weighted by Gasteiger charge is 2.39. The van der Waals surface area contributed by atoms with Crippen molar-refractivity contribution in [3.63, 3.8) is 0 Å². The number of hydrogen-bond acceptors (Lipinski definition) is 3. The highest BCUT2D eigenvalue weighted by molar-refractivity contribution is 7.91. The van der Waals surface area contributed by atoms with Crippen LogP contribution in [0.25, 0.3) is 0 Å². The van der Waals surface area contributed by atoms with Gasteiger partial charge in [-0.3, -0.25) is 0 Å². The maximum atomic E-state index is 11.6. The summed E-state index contributed by atoms with van der Waals surface area (Å²) in [5, 5.41) is 3.99. The first-order valence-electron chi connectivity index (χ1n) is 7.07. The summed E-state index contributed by atoms with van der Waals surface area (Å²) >= 11 is 5.46. The lowest BCUT2D eigenvalue weighted by atomic mass is 9.94. The maximum absolute atomic E-state index is 11.6. The minimum absolute atomic E-state index is 0.193. The third kappa shape index (κ3) is 3.81. The van der Waals surface area contributed by atoms with Crippen molar-refractivity contribution in [3.05, 3.63) is 0 Å². The van der Waals surface area contributed by atoms with Crippen LogP contribution in [0.1, 0.15) is 45.4 Å². The molecule has 0 aromatic rings. The van der Waals surface area contributed by atoms with Gasteiger partial charge in [0.2, 0.25) is 0 Å². The van der Waals surface area contributed by atoms with Crippen LogP contribution in [0, 0.1) is 0 Å². The second kappa shape index (κ2) is 5.56. The van der Waals surface area contributed by atoms with E-state index < -0.39 is 15.4 Å². The zero-order valence-electron chi connectivity index (χ0n) is 11.8. The molecule has 0 amide bonds. The Labute approximate surface area is 121 Å². The standard InChI is InChI=1S/C13H24N2O2S2/c1-13(8-9-19(16,17)10-13)14-12(18)15(2)11-6-4-3-5-7-11/h11H,3-10H2,1-2H3,(H,14,18)/t13-/m0/s1. The Kier molecular flexibility index (Phi) is 4.40. The van der Waals surface area contributed by atoms with Gasteiger partial charge in [-0.2, -0.15) is 0 Å². The number of rotatable bonds is 2. The molecule has 0 aromatic heterocycles. The van der Waals surface area contributed by atoms with Crippen LogP contribution in [0.5, 0.6) is 0 Å². The van der Waals surface area contributed by atoms with Crippen LogP contribution in [0.3, 0.4) is 0 Å². The van der Waals surface area contributed by atoms with Gasteiger partial charge in [0, 0.05) is 13.1 Å². The van der Waals surface area contributed by atoms with Gasteiger partial charge in [-0.1, -0.05) is 19.3 Å². The topological polar surface area (TPSA) is 49.4 Å². The Morgan fingerprint density at radius 1 is 1.32 bits per heavy atom. The zero-order chi connectivity index (χ0) is 14.1. The third-order valence-electron chi connectivity index (χ3n) is 4.35. The molecule has 6 heteroatoms. The molecule has 1 aliphatic heterocycles. The van der Waals surface area contributed by atoms with Gasteiger partial charge in [0.05, 0.1) is 17.0 Å². The first kappa shape index (κ1) is 15.0. The SMILES string of the molecule is CN(C(=S)N[C@@]1(C)CCS(=O)(=O)C1)C1CCCCC1. The molecule has 0 aromatic carbocycles. The number of hydrogen-bond donors (Lipinski definition) is 1. The number of nitrogens with zero attached hydrogens (tertiary/aromatic N) is 1. The fraction of sp³-hybridized carbons (Fsp3) is 0.923. The summed E-state index contributed by atoms with van der Waals surface area (Å²) in [6.45, 7) is 1.96. The lowest BCUT2D eigenvalue weighted by molar-refractivity contribution is 0.269. The zero-order valence-corrected chi connectivity index (χ0v) is 13.4. The summed E-state index contributed by atoms with van der Waals surface area (Å²) in [4.78, 5) is 2.13. The lowest BCUT2D eigenvalue weighted by Gasteiger charge is -2.36. The molecule has 110 valence electrons. The van der Waals surface area contributed by atoms with E-state index in [2.05, 4.69) is 10.2 Å². The maximum Gasteiger partial charge on any atom is 0.169 e. The second-order valence-electron chi connectivity index (χ2n) is 6.24. The van der Waals surface area contributed by atoms with Crippen LogP contribution in [-0.4, -0.2) is 48.6 Å². The summed E-state index contributed by atoms with van der Waals surface area (Å²) in [6, 6.07) is 0.510. The van der Waals surface area contributed by atoms with Crippen molar-refractivity contribution in [2.75, 3.05) is 18.6 Å². The van der Waals surface area contributed by atoms with E-state index in [4.69, 9.17) is 12.2 Å². The van der Waals surface area contributed by atoms with Gasteiger partial charge >= 0.3 is 0 Å². The van der Waals surface area contributed by atoms with Crippen molar-refractivity contribution in [3.8, 4) is 0 Å². The average Bonchev–Trinajstić information content (AvgIpc) is 2.63. The summed E-state index contributed by atoms with van der Waals surface area (Å²) in [5.74, 6) is 0.463. The average molecular weight is 304 g/mol. The van der Waals surface area contributed by atoms with Crippen LogP contribution in [0.15, 0.2) is 0 Å². The molecule has 2 aliphatic rings. The van der Waals surface area contributed by atoms with E-state index in [0.717, 1.165) is 0 Å². The number of nitrogens with one attached hydrogen (secondary N) is 1. The molecule has 1 aliphatic carbocycles. The predicted octanol–water partition coefficient (Wildman–Crippen LogP) is 1.70. The van der Waals surface area contributed by atoms with Crippen LogP contribution >= 0.6 is 12.2 Å². The van der Waals surface area contributed by atoms with E-state index in [0.29, 0.717) is 17.6 Å². The minimum Gasteiger partial charge on any atom is -0.356 e. The summed E-state index contributed by atoms with van der Waals surface area (Å²) in [6.07, 6.45) is 6.88. The molecule has 1 saturated heterocycles. The molecule has 0 radical (unpaired) electrons. The van der Waals surface area contributed by atoms with Crippen molar-refractivity contribution in [2.45, 2.75) is 57.0 Å². The van der Waals surface area contributed by atoms with Crippen LogP contribution in [-0.2, 0) is 9.84 Å². The fourth-order valence-corrected chi connectivity index (χ4v) is 5.58. The predicted molar refractivity (Wildman–Crippen MR) is 82.0 cm³/mol. The summed E-state index contributed by atoms with van der Waals surface area (Å²) < 4.78 is 23.2. The first-order chi connectivity index (χ1) is 8.81. The highest BCUT2D eigenvalue weighted by atomic mass is 32.2. The summed E-state index contributed by atoms with van der Waals surface area (Å²) in [5.41, 5.74) is -0.390. The number of sulfone groups is 1. The Hall–Kier alpha value is -0.360. The van der Waals surface area contributed by atoms with Crippen LogP contribution in [0.4, 0.5) is 0 Å². The molecule has 1 heterocycles. The molecule has 1 saturated carbocycles. The largest absolute Gasteiger partial charge is 0.356 e. The molecule has 19 heavy (non-hydrogen) atoms. The van der Waals surface area contributed by atoms with Gasteiger partial charge in [-0.05, 0) is 38.4 Å². The van der Waals surface area contributed by atoms with Crippen molar-refractivity contribution in [1.29, 1.82) is 0 Å². The van der Waals surface area contributed by atoms with E-state index in [-0.39, 0.29) is 11.5 Å². The van der Waals surface area contributed by atoms with Crippen LogP contribution < -0.4 is 5.32 Å². The Bertz CT molecular complexity index is 444. The molecule has 4 nitrogen and oxygen atoms in total. The van der Waals surface area contributed by atoms with E-state index >= 15 is 0 Å². The van der Waals surface area contributed by atoms with Crippen molar-refractivity contribution >= 4 is 27.2 Å². The molecule has 0 spiro atoms. The van der Waals surface area contributed by atoms with Crippen LogP contribution in [0.2, 0.25) is 0 Å². The van der Waals surface area contributed by atoms with E-state index in [1.807, 2.05) is 14.0 Å². The second-order valence-corrected chi connectivity index (χ2v) is 8.81. The van der Waals surface area contributed by atoms with Crippen molar-refractivity contribution in [1.82, 2.24) is 10.2 Å². The molecule has 0 unspecified atom stereocenters. The highest BCUT2D eigenvalue weighted by Crippen LogP contribution is 2.25.